The van der Waals surface area contributed by atoms with Crippen molar-refractivity contribution in [2.75, 3.05) is 19.6 Å². The topological polar surface area (TPSA) is 60.9 Å². The lowest BCUT2D eigenvalue weighted by molar-refractivity contribution is -0.147. The van der Waals surface area contributed by atoms with Crippen molar-refractivity contribution >= 4 is 12.0 Å². The van der Waals surface area contributed by atoms with Crippen molar-refractivity contribution in [3.8, 4) is 0 Å². The monoisotopic (exact) mass is 254 g/mol. The van der Waals surface area contributed by atoms with Crippen LogP contribution >= 0.6 is 0 Å². The number of likely N-dealkylation sites (tertiary alicyclic amines) is 1. The van der Waals surface area contributed by atoms with Crippen LogP contribution < -0.4 is 0 Å². The second-order valence-corrected chi connectivity index (χ2v) is 4.85. The first-order valence-electron chi connectivity index (χ1n) is 6.38. The number of amides is 2. The quantitative estimate of drug-likeness (QED) is 0.763. The lowest BCUT2D eigenvalue weighted by Crippen LogP contribution is -2.55. The Bertz CT molecular complexity index is 343. The molecule has 0 spiro atoms. The van der Waals surface area contributed by atoms with E-state index in [1.54, 1.807) is 17.9 Å². The lowest BCUT2D eigenvalue weighted by atomic mass is 10.00. The van der Waals surface area contributed by atoms with E-state index >= 15 is 0 Å². The minimum atomic E-state index is -1.07. The number of urea groups is 1. The number of rotatable bonds is 5. The average molecular weight is 254 g/mol. The second kappa shape index (κ2) is 5.89. The number of hydrogen-bond donors (Lipinski definition) is 1. The van der Waals surface area contributed by atoms with Gasteiger partial charge in [-0.15, -0.1) is 6.58 Å². The van der Waals surface area contributed by atoms with Gasteiger partial charge in [-0.05, 0) is 26.2 Å². The second-order valence-electron chi connectivity index (χ2n) is 4.85. The van der Waals surface area contributed by atoms with Gasteiger partial charge in [-0.1, -0.05) is 13.0 Å². The molecule has 0 aromatic carbocycles. The molecule has 0 aromatic rings. The van der Waals surface area contributed by atoms with Crippen molar-refractivity contribution in [2.24, 2.45) is 0 Å². The Morgan fingerprint density at radius 1 is 1.56 bits per heavy atom. The molecule has 102 valence electrons. The predicted molar refractivity (Wildman–Crippen MR) is 69.4 cm³/mol. The number of hydrogen-bond acceptors (Lipinski definition) is 2. The maximum atomic E-state index is 12.4. The van der Waals surface area contributed by atoms with Crippen LogP contribution in [0.5, 0.6) is 0 Å². The normalized spacial score (nSPS) is 22.9. The standard InChI is InChI=1S/C13H22N2O3/c1-4-8-14(9-5-2)12(18)15-10-6-7-13(15,3)11(16)17/h4H,1,5-10H2,2-3H3,(H,16,17). The van der Waals surface area contributed by atoms with Gasteiger partial charge in [-0.25, -0.2) is 9.59 Å². The zero-order valence-electron chi connectivity index (χ0n) is 11.2. The molecule has 1 heterocycles. The molecule has 5 nitrogen and oxygen atoms in total. The first kappa shape index (κ1) is 14.5. The summed E-state index contributed by atoms with van der Waals surface area (Å²) in [6, 6.07) is -0.195. The Morgan fingerprint density at radius 2 is 2.22 bits per heavy atom. The summed E-state index contributed by atoms with van der Waals surface area (Å²) in [4.78, 5) is 26.9. The van der Waals surface area contributed by atoms with E-state index in [0.717, 1.165) is 12.8 Å². The number of carboxylic acid groups (broad SMARTS) is 1. The molecule has 1 atom stereocenters. The minimum absolute atomic E-state index is 0.195. The molecule has 18 heavy (non-hydrogen) atoms. The molecule has 1 unspecified atom stereocenters. The molecule has 1 N–H and O–H groups in total. The molecule has 1 fully saturated rings. The van der Waals surface area contributed by atoms with E-state index in [-0.39, 0.29) is 6.03 Å². The summed E-state index contributed by atoms with van der Waals surface area (Å²) in [5.41, 5.74) is -1.07. The zero-order chi connectivity index (χ0) is 13.8. The van der Waals surface area contributed by atoms with Crippen LogP contribution in [0.4, 0.5) is 4.79 Å². The molecule has 0 aromatic heterocycles. The highest BCUT2D eigenvalue weighted by atomic mass is 16.4. The van der Waals surface area contributed by atoms with Crippen LogP contribution in [-0.2, 0) is 4.79 Å². The molecular formula is C13H22N2O3. The van der Waals surface area contributed by atoms with E-state index in [9.17, 15) is 14.7 Å². The maximum Gasteiger partial charge on any atom is 0.329 e. The van der Waals surface area contributed by atoms with Gasteiger partial charge in [0.2, 0.25) is 0 Å². The number of carboxylic acids is 1. The molecular weight excluding hydrogens is 232 g/mol. The fourth-order valence-corrected chi connectivity index (χ4v) is 2.35. The van der Waals surface area contributed by atoms with Gasteiger partial charge < -0.3 is 14.9 Å². The molecule has 0 aliphatic carbocycles. The SMILES string of the molecule is C=CCN(CCC)C(=O)N1CCCC1(C)C(=O)O. The Kier molecular flexibility index (Phi) is 4.76. The molecule has 0 radical (unpaired) electrons. The van der Waals surface area contributed by atoms with Gasteiger partial charge >= 0.3 is 12.0 Å². The van der Waals surface area contributed by atoms with Crippen LogP contribution in [0, 0.1) is 0 Å². The molecule has 0 saturated carbocycles. The minimum Gasteiger partial charge on any atom is -0.480 e. The average Bonchev–Trinajstić information content (AvgIpc) is 2.71. The van der Waals surface area contributed by atoms with Crippen molar-refractivity contribution in [1.29, 1.82) is 0 Å². The summed E-state index contributed by atoms with van der Waals surface area (Å²) in [5.74, 6) is -0.927. The highest BCUT2D eigenvalue weighted by Crippen LogP contribution is 2.30. The third-order valence-electron chi connectivity index (χ3n) is 3.45. The van der Waals surface area contributed by atoms with Crippen molar-refractivity contribution < 1.29 is 14.7 Å². The molecule has 5 heteroatoms. The van der Waals surface area contributed by atoms with E-state index < -0.39 is 11.5 Å². The van der Waals surface area contributed by atoms with E-state index in [2.05, 4.69) is 6.58 Å². The summed E-state index contributed by atoms with van der Waals surface area (Å²) in [6.45, 7) is 8.84. The number of nitrogens with zero attached hydrogens (tertiary/aromatic N) is 2. The van der Waals surface area contributed by atoms with Gasteiger partial charge in [0.15, 0.2) is 0 Å². The smallest absolute Gasteiger partial charge is 0.329 e. The molecule has 2 amide bonds. The predicted octanol–water partition coefficient (Wildman–Crippen LogP) is 1.94. The number of carbonyl (C=O) groups excluding carboxylic acids is 1. The van der Waals surface area contributed by atoms with Gasteiger partial charge in [0.1, 0.15) is 5.54 Å². The summed E-state index contributed by atoms with van der Waals surface area (Å²) in [5, 5.41) is 9.30. The highest BCUT2D eigenvalue weighted by Gasteiger charge is 2.46. The summed E-state index contributed by atoms with van der Waals surface area (Å²) < 4.78 is 0. The van der Waals surface area contributed by atoms with E-state index in [1.807, 2.05) is 6.92 Å². The van der Waals surface area contributed by atoms with Crippen LogP contribution in [0.25, 0.3) is 0 Å². The fraction of sp³-hybridized carbons (Fsp3) is 0.692. The number of carbonyl (C=O) groups is 2. The lowest BCUT2D eigenvalue weighted by Gasteiger charge is -2.35. The zero-order valence-corrected chi connectivity index (χ0v) is 11.2. The third-order valence-corrected chi connectivity index (χ3v) is 3.45. The Hall–Kier alpha value is -1.52. The molecule has 0 bridgehead atoms. The van der Waals surface area contributed by atoms with Gasteiger partial charge in [0.05, 0.1) is 0 Å². The summed E-state index contributed by atoms with van der Waals surface area (Å²) in [7, 11) is 0. The highest BCUT2D eigenvalue weighted by molar-refractivity contribution is 5.86. The van der Waals surface area contributed by atoms with Crippen molar-refractivity contribution in [3.63, 3.8) is 0 Å². The van der Waals surface area contributed by atoms with E-state index in [1.165, 1.54) is 4.90 Å². The van der Waals surface area contributed by atoms with Crippen LogP contribution in [0.3, 0.4) is 0 Å². The summed E-state index contributed by atoms with van der Waals surface area (Å²) in [6.07, 6.45) is 3.77. The van der Waals surface area contributed by atoms with Crippen molar-refractivity contribution in [3.05, 3.63) is 12.7 Å². The van der Waals surface area contributed by atoms with E-state index in [0.29, 0.717) is 26.1 Å². The molecule has 1 aliphatic heterocycles. The summed E-state index contributed by atoms with van der Waals surface area (Å²) >= 11 is 0. The Labute approximate surface area is 108 Å². The van der Waals surface area contributed by atoms with Gasteiger partial charge in [-0.2, -0.15) is 0 Å². The maximum absolute atomic E-state index is 12.4. The molecule has 1 saturated heterocycles. The Morgan fingerprint density at radius 3 is 2.72 bits per heavy atom. The fourth-order valence-electron chi connectivity index (χ4n) is 2.35. The molecule has 1 rings (SSSR count). The first-order valence-corrected chi connectivity index (χ1v) is 6.38. The van der Waals surface area contributed by atoms with Gasteiger partial charge in [0.25, 0.3) is 0 Å². The van der Waals surface area contributed by atoms with Crippen LogP contribution in [0.15, 0.2) is 12.7 Å². The van der Waals surface area contributed by atoms with Crippen molar-refractivity contribution in [2.45, 2.75) is 38.6 Å². The third kappa shape index (κ3) is 2.66. The van der Waals surface area contributed by atoms with Crippen molar-refractivity contribution in [1.82, 2.24) is 9.80 Å². The van der Waals surface area contributed by atoms with Gasteiger partial charge in [0, 0.05) is 19.6 Å². The van der Waals surface area contributed by atoms with Crippen LogP contribution in [-0.4, -0.2) is 52.1 Å². The first-order chi connectivity index (χ1) is 8.47. The molecule has 1 aliphatic rings. The van der Waals surface area contributed by atoms with Gasteiger partial charge in [-0.3, -0.25) is 0 Å². The van der Waals surface area contributed by atoms with E-state index in [4.69, 9.17) is 0 Å². The van der Waals surface area contributed by atoms with Crippen LogP contribution in [0.2, 0.25) is 0 Å². The van der Waals surface area contributed by atoms with Crippen LogP contribution in [0.1, 0.15) is 33.1 Å². The number of aliphatic carboxylic acids is 1. The Balaban J connectivity index is 2.86. The largest absolute Gasteiger partial charge is 0.480 e.